The SMILES string of the molecule is CC(O)CSC1=C(C(=O)OCc2ccc([N+](=O)[O-])cc2)N2C(=O)[C@@H]([C@@H](C)O)C2C1. The highest BCUT2D eigenvalue weighted by Crippen LogP contribution is 2.47. The number of benzene rings is 1. The van der Waals surface area contributed by atoms with Gasteiger partial charge in [0, 0.05) is 29.2 Å². The second-order valence-electron chi connectivity index (χ2n) is 7.18. The monoisotopic (exact) mass is 422 g/mol. The Morgan fingerprint density at radius 3 is 2.55 bits per heavy atom. The van der Waals surface area contributed by atoms with Gasteiger partial charge in [-0.3, -0.25) is 14.9 Å². The molecule has 2 N–H and O–H groups in total. The van der Waals surface area contributed by atoms with E-state index in [4.69, 9.17) is 4.74 Å². The molecule has 4 atom stereocenters. The lowest BCUT2D eigenvalue weighted by atomic mass is 9.83. The van der Waals surface area contributed by atoms with E-state index in [-0.39, 0.29) is 29.9 Å². The number of carbonyl (C=O) groups excluding carboxylic acids is 2. The van der Waals surface area contributed by atoms with Crippen LogP contribution in [-0.2, 0) is 20.9 Å². The van der Waals surface area contributed by atoms with Crippen molar-refractivity contribution < 1.29 is 29.5 Å². The molecule has 0 radical (unpaired) electrons. The summed E-state index contributed by atoms with van der Waals surface area (Å²) >= 11 is 1.30. The summed E-state index contributed by atoms with van der Waals surface area (Å²) < 4.78 is 5.35. The number of hydrogen-bond donors (Lipinski definition) is 2. The van der Waals surface area contributed by atoms with E-state index in [1.807, 2.05) is 0 Å². The van der Waals surface area contributed by atoms with Crippen molar-refractivity contribution in [2.24, 2.45) is 5.92 Å². The maximum atomic E-state index is 12.7. The third-order valence-corrected chi connectivity index (χ3v) is 6.25. The molecule has 0 aliphatic carbocycles. The minimum atomic E-state index is -0.817. The molecule has 2 aliphatic rings. The minimum absolute atomic E-state index is 0.0615. The third-order valence-electron chi connectivity index (χ3n) is 4.90. The maximum absolute atomic E-state index is 12.7. The number of nitro benzene ring substituents is 1. The summed E-state index contributed by atoms with van der Waals surface area (Å²) in [4.78, 5) is 37.4. The average molecular weight is 422 g/mol. The van der Waals surface area contributed by atoms with Gasteiger partial charge < -0.3 is 19.8 Å². The molecule has 3 rings (SSSR count). The molecule has 0 saturated carbocycles. The van der Waals surface area contributed by atoms with Gasteiger partial charge in [-0.25, -0.2) is 4.79 Å². The van der Waals surface area contributed by atoms with Gasteiger partial charge >= 0.3 is 5.97 Å². The van der Waals surface area contributed by atoms with Crippen LogP contribution in [0.25, 0.3) is 0 Å². The summed E-state index contributed by atoms with van der Waals surface area (Å²) in [5.74, 6) is -1.18. The van der Waals surface area contributed by atoms with Crippen LogP contribution >= 0.6 is 11.8 Å². The quantitative estimate of drug-likeness (QED) is 0.279. The number of esters is 1. The number of non-ortho nitro benzene ring substituents is 1. The predicted octanol–water partition coefficient (Wildman–Crippen LogP) is 1.58. The fourth-order valence-electron chi connectivity index (χ4n) is 3.50. The van der Waals surface area contributed by atoms with Crippen LogP contribution in [0.5, 0.6) is 0 Å². The van der Waals surface area contributed by atoms with Crippen molar-refractivity contribution in [3.8, 4) is 0 Å². The summed E-state index contributed by atoms with van der Waals surface area (Å²) in [6.45, 7) is 3.09. The first kappa shape index (κ1) is 21.3. The van der Waals surface area contributed by atoms with Crippen LogP contribution in [-0.4, -0.2) is 55.9 Å². The number of β-lactam (4-membered cyclic amide) rings is 1. The Morgan fingerprint density at radius 1 is 1.34 bits per heavy atom. The van der Waals surface area contributed by atoms with E-state index in [1.165, 1.54) is 40.9 Å². The number of hydrogen-bond acceptors (Lipinski definition) is 8. The van der Waals surface area contributed by atoms with Crippen LogP contribution in [0.15, 0.2) is 34.9 Å². The number of aliphatic hydroxyl groups is 2. The zero-order valence-electron chi connectivity index (χ0n) is 16.0. The van der Waals surface area contributed by atoms with Crippen molar-refractivity contribution in [1.29, 1.82) is 0 Å². The molecule has 0 aromatic heterocycles. The van der Waals surface area contributed by atoms with Crippen LogP contribution in [0, 0.1) is 16.0 Å². The van der Waals surface area contributed by atoms with E-state index in [0.717, 1.165) is 0 Å². The summed E-state index contributed by atoms with van der Waals surface area (Å²) in [7, 11) is 0. The molecule has 9 nitrogen and oxygen atoms in total. The first-order chi connectivity index (χ1) is 13.7. The van der Waals surface area contributed by atoms with Gasteiger partial charge in [0.1, 0.15) is 12.3 Å². The van der Waals surface area contributed by atoms with E-state index in [2.05, 4.69) is 0 Å². The third kappa shape index (κ3) is 4.29. The molecule has 10 heteroatoms. The molecule has 1 aromatic carbocycles. The summed E-state index contributed by atoms with van der Waals surface area (Å²) in [6, 6.07) is 5.35. The van der Waals surface area contributed by atoms with Crippen LogP contribution in [0.4, 0.5) is 5.69 Å². The van der Waals surface area contributed by atoms with Crippen molar-refractivity contribution in [2.75, 3.05) is 5.75 Å². The number of amides is 1. The molecular formula is C19H22N2O7S. The van der Waals surface area contributed by atoms with Gasteiger partial charge in [0.2, 0.25) is 5.91 Å². The fraction of sp³-hybridized carbons (Fsp3) is 0.474. The lowest BCUT2D eigenvalue weighted by molar-refractivity contribution is -0.384. The molecule has 2 heterocycles. The summed E-state index contributed by atoms with van der Waals surface area (Å²) in [5, 5.41) is 30.1. The van der Waals surface area contributed by atoms with Crippen molar-refractivity contribution >= 4 is 29.3 Å². The van der Waals surface area contributed by atoms with E-state index in [9.17, 15) is 29.9 Å². The van der Waals surface area contributed by atoms with Crippen molar-refractivity contribution in [3.63, 3.8) is 0 Å². The molecule has 29 heavy (non-hydrogen) atoms. The lowest BCUT2D eigenvalue weighted by Crippen LogP contribution is -2.61. The second kappa shape index (κ2) is 8.52. The van der Waals surface area contributed by atoms with Crippen molar-refractivity contribution in [2.45, 2.75) is 45.1 Å². The number of thioether (sulfide) groups is 1. The molecule has 1 saturated heterocycles. The van der Waals surface area contributed by atoms with Gasteiger partial charge in [-0.05, 0) is 31.5 Å². The maximum Gasteiger partial charge on any atom is 0.356 e. The number of rotatable bonds is 8. The van der Waals surface area contributed by atoms with Gasteiger partial charge in [-0.1, -0.05) is 0 Å². The van der Waals surface area contributed by atoms with Crippen LogP contribution in [0.3, 0.4) is 0 Å². The normalized spacial score (nSPS) is 22.8. The first-order valence-electron chi connectivity index (χ1n) is 9.16. The zero-order valence-corrected chi connectivity index (χ0v) is 16.8. The molecule has 1 aromatic rings. The van der Waals surface area contributed by atoms with Crippen LogP contribution < -0.4 is 0 Å². The van der Waals surface area contributed by atoms with Crippen molar-refractivity contribution in [3.05, 3.63) is 50.5 Å². The molecule has 2 aliphatic heterocycles. The number of ether oxygens (including phenoxy) is 1. The molecule has 2 unspecified atom stereocenters. The largest absolute Gasteiger partial charge is 0.456 e. The number of nitrogens with zero attached hydrogens (tertiary/aromatic N) is 2. The summed E-state index contributed by atoms with van der Waals surface area (Å²) in [5.41, 5.74) is 0.673. The second-order valence-corrected chi connectivity index (χ2v) is 8.29. The van der Waals surface area contributed by atoms with E-state index in [1.54, 1.807) is 13.8 Å². The van der Waals surface area contributed by atoms with Gasteiger partial charge in [-0.15, -0.1) is 11.8 Å². The number of aliphatic hydroxyl groups excluding tert-OH is 2. The van der Waals surface area contributed by atoms with Gasteiger partial charge in [-0.2, -0.15) is 0 Å². The molecule has 1 fully saturated rings. The van der Waals surface area contributed by atoms with Crippen LogP contribution in [0.1, 0.15) is 25.8 Å². The highest BCUT2D eigenvalue weighted by Gasteiger charge is 2.57. The fourth-order valence-corrected chi connectivity index (χ4v) is 4.55. The molecular weight excluding hydrogens is 400 g/mol. The van der Waals surface area contributed by atoms with E-state index in [0.29, 0.717) is 22.6 Å². The Bertz CT molecular complexity index is 851. The van der Waals surface area contributed by atoms with Gasteiger partial charge in [0.05, 0.1) is 29.1 Å². The Balaban J connectivity index is 1.73. The predicted molar refractivity (Wildman–Crippen MR) is 104 cm³/mol. The Labute approximate surface area is 171 Å². The first-order valence-corrected chi connectivity index (χ1v) is 10.1. The molecule has 0 spiro atoms. The highest BCUT2D eigenvalue weighted by molar-refractivity contribution is 8.03. The van der Waals surface area contributed by atoms with Crippen LogP contribution in [0.2, 0.25) is 0 Å². The van der Waals surface area contributed by atoms with Gasteiger partial charge in [0.15, 0.2) is 0 Å². The van der Waals surface area contributed by atoms with E-state index >= 15 is 0 Å². The topological polar surface area (TPSA) is 130 Å². The van der Waals surface area contributed by atoms with Gasteiger partial charge in [0.25, 0.3) is 5.69 Å². The molecule has 156 valence electrons. The number of carbonyl (C=O) groups is 2. The highest BCUT2D eigenvalue weighted by atomic mass is 32.2. The standard InChI is InChI=1S/C19H22N2O7S/c1-10(22)9-29-15-7-14-16(11(2)23)18(24)20(14)17(15)19(25)28-8-12-3-5-13(6-4-12)21(26)27/h3-6,10-11,14,16,22-23H,7-9H2,1-2H3/t10?,11-,14?,16+/m1/s1. The Kier molecular flexibility index (Phi) is 6.25. The molecule has 1 amide bonds. The zero-order chi connectivity index (χ0) is 21.3. The lowest BCUT2D eigenvalue weighted by Gasteiger charge is -2.44. The summed E-state index contributed by atoms with van der Waals surface area (Å²) in [6.07, 6.45) is -0.968. The smallest absolute Gasteiger partial charge is 0.356 e. The Hall–Kier alpha value is -2.43. The average Bonchev–Trinajstić information content (AvgIpc) is 2.98. The number of nitro groups is 1. The molecule has 0 bridgehead atoms. The number of fused-ring (bicyclic) bond motifs is 1. The van der Waals surface area contributed by atoms with Crippen molar-refractivity contribution in [1.82, 2.24) is 4.90 Å². The minimum Gasteiger partial charge on any atom is -0.456 e. The van der Waals surface area contributed by atoms with E-state index < -0.39 is 29.0 Å². The Morgan fingerprint density at radius 2 is 2.00 bits per heavy atom.